The fourth-order valence-electron chi connectivity index (χ4n) is 1.57. The minimum absolute atomic E-state index is 0.0172. The number of hydrogen-bond donors (Lipinski definition) is 1. The smallest absolute Gasteiger partial charge is 0.193 e. The van der Waals surface area contributed by atoms with Crippen LogP contribution in [0.2, 0.25) is 0 Å². The van der Waals surface area contributed by atoms with E-state index in [1.807, 2.05) is 25.1 Å². The van der Waals surface area contributed by atoms with E-state index < -0.39 is 0 Å². The van der Waals surface area contributed by atoms with Gasteiger partial charge in [-0.3, -0.25) is 4.79 Å². The summed E-state index contributed by atoms with van der Waals surface area (Å²) in [7, 11) is 0. The SMILES string of the molecule is Cc1ccc(C(=O)c2ccc(N)c(Br)c2)cc1Br. The van der Waals surface area contributed by atoms with Crippen LogP contribution in [-0.2, 0) is 0 Å². The van der Waals surface area contributed by atoms with Crippen LogP contribution in [0.4, 0.5) is 5.69 Å². The van der Waals surface area contributed by atoms with Crippen LogP contribution in [0.1, 0.15) is 21.5 Å². The number of carbonyl (C=O) groups excluding carboxylic acids is 1. The van der Waals surface area contributed by atoms with Crippen molar-refractivity contribution in [2.45, 2.75) is 6.92 Å². The van der Waals surface area contributed by atoms with Gasteiger partial charge in [-0.2, -0.15) is 0 Å². The molecule has 92 valence electrons. The van der Waals surface area contributed by atoms with Crippen LogP contribution in [0.15, 0.2) is 45.3 Å². The number of nitrogen functional groups attached to an aromatic ring is 1. The zero-order valence-electron chi connectivity index (χ0n) is 9.71. The summed E-state index contributed by atoms with van der Waals surface area (Å²) in [6, 6.07) is 10.8. The highest BCUT2D eigenvalue weighted by Crippen LogP contribution is 2.24. The number of rotatable bonds is 2. The highest BCUT2D eigenvalue weighted by atomic mass is 79.9. The van der Waals surface area contributed by atoms with Crippen molar-refractivity contribution in [1.82, 2.24) is 0 Å². The van der Waals surface area contributed by atoms with Crippen LogP contribution >= 0.6 is 31.9 Å². The van der Waals surface area contributed by atoms with Crippen molar-refractivity contribution in [2.24, 2.45) is 0 Å². The number of anilines is 1. The molecule has 0 saturated heterocycles. The summed E-state index contributed by atoms with van der Waals surface area (Å²) in [5.41, 5.74) is 8.70. The van der Waals surface area contributed by atoms with E-state index in [0.29, 0.717) is 16.8 Å². The Morgan fingerprint density at radius 2 is 1.56 bits per heavy atom. The molecule has 18 heavy (non-hydrogen) atoms. The first-order chi connectivity index (χ1) is 8.49. The van der Waals surface area contributed by atoms with Crippen molar-refractivity contribution < 1.29 is 4.79 Å². The lowest BCUT2D eigenvalue weighted by Crippen LogP contribution is -2.02. The molecule has 2 aromatic rings. The molecule has 0 fully saturated rings. The number of halogens is 2. The summed E-state index contributed by atoms with van der Waals surface area (Å²) in [5, 5.41) is 0. The van der Waals surface area contributed by atoms with E-state index in [9.17, 15) is 4.79 Å². The molecule has 0 aliphatic carbocycles. The third-order valence-electron chi connectivity index (χ3n) is 2.70. The lowest BCUT2D eigenvalue weighted by Gasteiger charge is -2.05. The molecule has 0 amide bonds. The first kappa shape index (κ1) is 13.3. The highest BCUT2D eigenvalue weighted by molar-refractivity contribution is 9.10. The van der Waals surface area contributed by atoms with Crippen molar-refractivity contribution in [2.75, 3.05) is 5.73 Å². The van der Waals surface area contributed by atoms with E-state index in [4.69, 9.17) is 5.73 Å². The molecule has 0 aliphatic heterocycles. The molecule has 0 bridgehead atoms. The number of benzene rings is 2. The summed E-state index contributed by atoms with van der Waals surface area (Å²) in [6.07, 6.45) is 0. The van der Waals surface area contributed by atoms with Crippen molar-refractivity contribution in [1.29, 1.82) is 0 Å². The fraction of sp³-hybridized carbons (Fsp3) is 0.0714. The Balaban J connectivity index is 2.41. The van der Waals surface area contributed by atoms with E-state index in [2.05, 4.69) is 31.9 Å². The van der Waals surface area contributed by atoms with Gasteiger partial charge in [-0.05, 0) is 52.7 Å². The molecular weight excluding hydrogens is 358 g/mol. The van der Waals surface area contributed by atoms with Crippen LogP contribution in [0, 0.1) is 6.92 Å². The first-order valence-corrected chi connectivity index (χ1v) is 6.93. The van der Waals surface area contributed by atoms with Gasteiger partial charge in [0.1, 0.15) is 0 Å². The second-order valence-electron chi connectivity index (χ2n) is 4.03. The van der Waals surface area contributed by atoms with Crippen LogP contribution in [0.25, 0.3) is 0 Å². The molecular formula is C14H11Br2NO. The molecule has 2 aromatic carbocycles. The van der Waals surface area contributed by atoms with Crippen LogP contribution in [0.5, 0.6) is 0 Å². The zero-order chi connectivity index (χ0) is 13.3. The second kappa shape index (κ2) is 5.24. The molecule has 0 atom stereocenters. The maximum absolute atomic E-state index is 12.3. The van der Waals surface area contributed by atoms with Crippen molar-refractivity contribution in [3.05, 3.63) is 62.0 Å². The molecule has 0 aromatic heterocycles. The van der Waals surface area contributed by atoms with Crippen molar-refractivity contribution >= 4 is 43.3 Å². The fourth-order valence-corrected chi connectivity index (χ4v) is 2.33. The molecule has 0 spiro atoms. The third kappa shape index (κ3) is 2.65. The Hall–Kier alpha value is -1.13. The lowest BCUT2D eigenvalue weighted by atomic mass is 10.0. The average Bonchev–Trinajstić information content (AvgIpc) is 2.35. The standard InChI is InChI=1S/C14H11Br2NO/c1-8-2-3-9(6-11(8)15)14(18)10-4-5-13(17)12(16)7-10/h2-7H,17H2,1H3. The summed E-state index contributed by atoms with van der Waals surface area (Å²) < 4.78 is 1.67. The summed E-state index contributed by atoms with van der Waals surface area (Å²) >= 11 is 6.76. The lowest BCUT2D eigenvalue weighted by molar-refractivity contribution is 0.103. The van der Waals surface area contributed by atoms with Gasteiger partial charge in [-0.25, -0.2) is 0 Å². The van der Waals surface area contributed by atoms with Crippen LogP contribution < -0.4 is 5.73 Å². The van der Waals surface area contributed by atoms with Gasteiger partial charge in [0.05, 0.1) is 0 Å². The summed E-state index contributed by atoms with van der Waals surface area (Å²) in [6.45, 7) is 1.98. The molecule has 0 aliphatic rings. The van der Waals surface area contributed by atoms with Gasteiger partial charge in [-0.1, -0.05) is 28.1 Å². The van der Waals surface area contributed by atoms with Gasteiger partial charge < -0.3 is 5.73 Å². The number of carbonyl (C=O) groups is 1. The van der Waals surface area contributed by atoms with Crippen LogP contribution in [0.3, 0.4) is 0 Å². The van der Waals surface area contributed by atoms with E-state index in [-0.39, 0.29) is 5.78 Å². The van der Waals surface area contributed by atoms with Gasteiger partial charge in [0, 0.05) is 25.8 Å². The molecule has 0 unspecified atom stereocenters. The quantitative estimate of drug-likeness (QED) is 0.633. The van der Waals surface area contributed by atoms with Gasteiger partial charge in [0.25, 0.3) is 0 Å². The predicted molar refractivity (Wildman–Crippen MR) is 80.9 cm³/mol. The Kier molecular flexibility index (Phi) is 3.88. The van der Waals surface area contributed by atoms with E-state index in [1.165, 1.54) is 0 Å². The third-order valence-corrected chi connectivity index (χ3v) is 4.24. The highest BCUT2D eigenvalue weighted by Gasteiger charge is 2.11. The van der Waals surface area contributed by atoms with Crippen molar-refractivity contribution in [3.8, 4) is 0 Å². The van der Waals surface area contributed by atoms with Crippen LogP contribution in [-0.4, -0.2) is 5.78 Å². The maximum atomic E-state index is 12.3. The molecule has 2 N–H and O–H groups in total. The molecule has 0 saturated carbocycles. The maximum Gasteiger partial charge on any atom is 0.193 e. The number of nitrogens with two attached hydrogens (primary N) is 1. The average molecular weight is 369 g/mol. The number of ketones is 1. The molecule has 0 heterocycles. The van der Waals surface area contributed by atoms with Gasteiger partial charge in [0.15, 0.2) is 5.78 Å². The Morgan fingerprint density at radius 3 is 2.11 bits per heavy atom. The molecule has 0 radical (unpaired) electrons. The summed E-state index contributed by atoms with van der Waals surface area (Å²) in [5.74, 6) is -0.0172. The van der Waals surface area contributed by atoms with Gasteiger partial charge >= 0.3 is 0 Å². The Labute approximate surface area is 122 Å². The monoisotopic (exact) mass is 367 g/mol. The topological polar surface area (TPSA) is 43.1 Å². The number of hydrogen-bond acceptors (Lipinski definition) is 2. The molecule has 4 heteroatoms. The Bertz CT molecular complexity index is 570. The molecule has 2 rings (SSSR count). The predicted octanol–water partition coefficient (Wildman–Crippen LogP) is 4.33. The largest absolute Gasteiger partial charge is 0.398 e. The summed E-state index contributed by atoms with van der Waals surface area (Å²) in [4.78, 5) is 12.3. The van der Waals surface area contributed by atoms with Crippen molar-refractivity contribution in [3.63, 3.8) is 0 Å². The number of aryl methyl sites for hydroxylation is 1. The Morgan fingerprint density at radius 1 is 1.00 bits per heavy atom. The first-order valence-electron chi connectivity index (χ1n) is 5.35. The van der Waals surface area contributed by atoms with E-state index >= 15 is 0 Å². The zero-order valence-corrected chi connectivity index (χ0v) is 12.9. The van der Waals surface area contributed by atoms with Gasteiger partial charge in [0.2, 0.25) is 0 Å². The second-order valence-corrected chi connectivity index (χ2v) is 5.74. The minimum atomic E-state index is -0.0172. The minimum Gasteiger partial charge on any atom is -0.398 e. The normalized spacial score (nSPS) is 10.4. The molecule has 2 nitrogen and oxygen atoms in total. The van der Waals surface area contributed by atoms with E-state index in [0.717, 1.165) is 14.5 Å². The van der Waals surface area contributed by atoms with Gasteiger partial charge in [-0.15, -0.1) is 0 Å². The van der Waals surface area contributed by atoms with E-state index in [1.54, 1.807) is 18.2 Å².